The number of hydrogen-bond acceptors (Lipinski definition) is 3. The summed E-state index contributed by atoms with van der Waals surface area (Å²) in [5.41, 5.74) is -0.432. The maximum atomic E-state index is 13.4. The molecule has 17 heavy (non-hydrogen) atoms. The van der Waals surface area contributed by atoms with Crippen molar-refractivity contribution in [2.45, 2.75) is 13.5 Å². The molecule has 0 amide bonds. The molecule has 0 saturated carbocycles. The van der Waals surface area contributed by atoms with Crippen LogP contribution in [0.1, 0.15) is 17.3 Å². The molecular weight excluding hydrogens is 261 g/mol. The van der Waals surface area contributed by atoms with Crippen molar-refractivity contribution < 1.29 is 27.4 Å². The van der Waals surface area contributed by atoms with Crippen LogP contribution in [0.3, 0.4) is 0 Å². The standard InChI is InChI=1S/C10H8ClF3O3/c1-2-16-9(15)5-3-6(11)8(4-7(5)12)17-10(13)14/h3-4,10H,2H2,1H3. The Morgan fingerprint density at radius 2 is 2.12 bits per heavy atom. The summed E-state index contributed by atoms with van der Waals surface area (Å²) in [7, 11) is 0. The fourth-order valence-corrected chi connectivity index (χ4v) is 1.29. The highest BCUT2D eigenvalue weighted by atomic mass is 35.5. The van der Waals surface area contributed by atoms with E-state index in [4.69, 9.17) is 11.6 Å². The quantitative estimate of drug-likeness (QED) is 0.786. The van der Waals surface area contributed by atoms with Gasteiger partial charge in [-0.15, -0.1) is 0 Å². The largest absolute Gasteiger partial charge is 0.462 e. The van der Waals surface area contributed by atoms with E-state index in [9.17, 15) is 18.0 Å². The third-order valence-corrected chi connectivity index (χ3v) is 2.03. The van der Waals surface area contributed by atoms with Gasteiger partial charge in [0.15, 0.2) is 0 Å². The second-order valence-corrected chi connectivity index (χ2v) is 3.27. The van der Waals surface area contributed by atoms with Crippen molar-refractivity contribution in [3.8, 4) is 5.75 Å². The predicted molar refractivity (Wildman–Crippen MR) is 54.0 cm³/mol. The second kappa shape index (κ2) is 5.77. The minimum atomic E-state index is -3.12. The Balaban J connectivity index is 3.04. The zero-order chi connectivity index (χ0) is 13.0. The van der Waals surface area contributed by atoms with Gasteiger partial charge >= 0.3 is 12.6 Å². The molecule has 0 fully saturated rings. The molecule has 94 valence electrons. The molecule has 0 spiro atoms. The number of carbonyl (C=O) groups excluding carboxylic acids is 1. The first kappa shape index (κ1) is 13.6. The molecule has 0 saturated heterocycles. The Kier molecular flexibility index (Phi) is 4.62. The lowest BCUT2D eigenvalue weighted by atomic mass is 10.2. The molecule has 3 nitrogen and oxygen atoms in total. The summed E-state index contributed by atoms with van der Waals surface area (Å²) in [5.74, 6) is -2.49. The van der Waals surface area contributed by atoms with Crippen LogP contribution in [0.5, 0.6) is 5.75 Å². The molecule has 0 atom stereocenters. The molecule has 0 bridgehead atoms. The Bertz CT molecular complexity index is 424. The number of benzene rings is 1. The van der Waals surface area contributed by atoms with E-state index in [0.29, 0.717) is 6.07 Å². The number of carbonyl (C=O) groups is 1. The van der Waals surface area contributed by atoms with Crippen LogP contribution in [0.2, 0.25) is 5.02 Å². The van der Waals surface area contributed by atoms with Gasteiger partial charge < -0.3 is 9.47 Å². The van der Waals surface area contributed by atoms with Gasteiger partial charge in [0.1, 0.15) is 11.6 Å². The molecule has 1 rings (SSSR count). The van der Waals surface area contributed by atoms with E-state index < -0.39 is 29.7 Å². The summed E-state index contributed by atoms with van der Waals surface area (Å²) in [5, 5.41) is -0.297. The number of esters is 1. The molecule has 0 aromatic heterocycles. The van der Waals surface area contributed by atoms with Crippen molar-refractivity contribution in [2.75, 3.05) is 6.61 Å². The Hall–Kier alpha value is -1.43. The van der Waals surface area contributed by atoms with Gasteiger partial charge in [0.2, 0.25) is 0 Å². The van der Waals surface area contributed by atoms with Gasteiger partial charge in [0.05, 0.1) is 17.2 Å². The third-order valence-electron chi connectivity index (χ3n) is 1.73. The maximum Gasteiger partial charge on any atom is 0.387 e. The van der Waals surface area contributed by atoms with Gasteiger partial charge in [0.25, 0.3) is 0 Å². The van der Waals surface area contributed by atoms with Crippen LogP contribution in [0.4, 0.5) is 13.2 Å². The third kappa shape index (κ3) is 3.52. The van der Waals surface area contributed by atoms with Crippen molar-refractivity contribution >= 4 is 17.6 Å². The molecule has 0 aliphatic rings. The van der Waals surface area contributed by atoms with Gasteiger partial charge in [0, 0.05) is 6.07 Å². The summed E-state index contributed by atoms with van der Waals surface area (Å²) >= 11 is 5.56. The average molecular weight is 269 g/mol. The van der Waals surface area contributed by atoms with E-state index in [-0.39, 0.29) is 11.6 Å². The zero-order valence-electron chi connectivity index (χ0n) is 8.68. The number of halogens is 4. The topological polar surface area (TPSA) is 35.5 Å². The van der Waals surface area contributed by atoms with Crippen molar-refractivity contribution in [1.82, 2.24) is 0 Å². The summed E-state index contributed by atoms with van der Waals surface area (Å²) in [6, 6.07) is 1.49. The minimum Gasteiger partial charge on any atom is -0.462 e. The second-order valence-electron chi connectivity index (χ2n) is 2.86. The smallest absolute Gasteiger partial charge is 0.387 e. The van der Waals surface area contributed by atoms with E-state index in [1.807, 2.05) is 0 Å². The molecule has 0 unspecified atom stereocenters. The van der Waals surface area contributed by atoms with Gasteiger partial charge in [-0.3, -0.25) is 0 Å². The van der Waals surface area contributed by atoms with Gasteiger partial charge in [-0.05, 0) is 13.0 Å². The van der Waals surface area contributed by atoms with Gasteiger partial charge in [-0.25, -0.2) is 9.18 Å². The highest BCUT2D eigenvalue weighted by Crippen LogP contribution is 2.29. The van der Waals surface area contributed by atoms with Crippen molar-refractivity contribution in [3.63, 3.8) is 0 Å². The first-order valence-corrected chi connectivity index (χ1v) is 4.94. The minimum absolute atomic E-state index is 0.0607. The lowest BCUT2D eigenvalue weighted by Gasteiger charge is -2.09. The molecule has 0 aliphatic carbocycles. The Labute approximate surface area is 100 Å². The summed E-state index contributed by atoms with van der Waals surface area (Å²) < 4.78 is 45.7. The molecule has 0 aliphatic heterocycles. The van der Waals surface area contributed by atoms with Crippen LogP contribution in [-0.2, 0) is 4.74 Å². The van der Waals surface area contributed by atoms with Crippen LogP contribution in [0.25, 0.3) is 0 Å². The SMILES string of the molecule is CCOC(=O)c1cc(Cl)c(OC(F)F)cc1F. The van der Waals surface area contributed by atoms with Crippen LogP contribution in [0.15, 0.2) is 12.1 Å². The Morgan fingerprint density at radius 3 is 2.65 bits per heavy atom. The monoisotopic (exact) mass is 268 g/mol. The van der Waals surface area contributed by atoms with E-state index >= 15 is 0 Å². The molecule has 1 aromatic rings. The highest BCUT2D eigenvalue weighted by Gasteiger charge is 2.18. The van der Waals surface area contributed by atoms with Gasteiger partial charge in [-0.2, -0.15) is 8.78 Å². The van der Waals surface area contributed by atoms with Crippen LogP contribution in [0, 0.1) is 5.82 Å². The summed E-state index contributed by atoms with van der Waals surface area (Å²) in [6.07, 6.45) is 0. The number of hydrogen-bond donors (Lipinski definition) is 0. The van der Waals surface area contributed by atoms with Gasteiger partial charge in [-0.1, -0.05) is 11.6 Å². The van der Waals surface area contributed by atoms with Crippen LogP contribution in [-0.4, -0.2) is 19.2 Å². The maximum absolute atomic E-state index is 13.4. The highest BCUT2D eigenvalue weighted by molar-refractivity contribution is 6.32. The predicted octanol–water partition coefficient (Wildman–Crippen LogP) is 3.26. The number of rotatable bonds is 4. The van der Waals surface area contributed by atoms with E-state index in [2.05, 4.69) is 9.47 Å². The molecule has 0 radical (unpaired) electrons. The van der Waals surface area contributed by atoms with E-state index in [1.165, 1.54) is 0 Å². The molecule has 1 aromatic carbocycles. The van der Waals surface area contributed by atoms with Crippen molar-refractivity contribution in [1.29, 1.82) is 0 Å². The zero-order valence-corrected chi connectivity index (χ0v) is 9.43. The van der Waals surface area contributed by atoms with E-state index in [0.717, 1.165) is 6.07 Å². The first-order valence-electron chi connectivity index (χ1n) is 4.56. The molecule has 0 N–H and O–H groups in total. The molecule has 7 heteroatoms. The van der Waals surface area contributed by atoms with Crippen molar-refractivity contribution in [2.24, 2.45) is 0 Å². The first-order chi connectivity index (χ1) is 7.95. The summed E-state index contributed by atoms with van der Waals surface area (Å²) in [6.45, 7) is -1.52. The molecular formula is C10H8ClF3O3. The number of ether oxygens (including phenoxy) is 2. The van der Waals surface area contributed by atoms with Crippen molar-refractivity contribution in [3.05, 3.63) is 28.5 Å². The fraction of sp³-hybridized carbons (Fsp3) is 0.300. The van der Waals surface area contributed by atoms with Crippen LogP contribution >= 0.6 is 11.6 Å². The molecule has 0 heterocycles. The summed E-state index contributed by atoms with van der Waals surface area (Å²) in [4.78, 5) is 11.2. The normalized spacial score (nSPS) is 10.5. The average Bonchev–Trinajstić information content (AvgIpc) is 2.22. The van der Waals surface area contributed by atoms with Crippen LogP contribution < -0.4 is 4.74 Å². The lowest BCUT2D eigenvalue weighted by molar-refractivity contribution is -0.0499. The fourth-order valence-electron chi connectivity index (χ4n) is 1.08. The van der Waals surface area contributed by atoms with E-state index in [1.54, 1.807) is 6.92 Å². The lowest BCUT2D eigenvalue weighted by Crippen LogP contribution is -2.09. The number of alkyl halides is 2. The Morgan fingerprint density at radius 1 is 1.47 bits per heavy atom.